The molecule has 1 aromatic heterocycles. The molecule has 2 aromatic rings. The Balaban J connectivity index is 1.67. The SMILES string of the molecule is Cc1nn(-c2ccc(Cl)cc2)c(C)c1CNC[C@@H]1CCS(=O)(=O)C1. The second-order valence-corrected chi connectivity index (χ2v) is 9.10. The minimum atomic E-state index is -2.81. The lowest BCUT2D eigenvalue weighted by molar-refractivity contribution is 0.519. The molecule has 5 nitrogen and oxygen atoms in total. The molecule has 0 bridgehead atoms. The molecule has 0 amide bonds. The van der Waals surface area contributed by atoms with Crippen LogP contribution in [0, 0.1) is 19.8 Å². The molecule has 3 rings (SSSR count). The van der Waals surface area contributed by atoms with E-state index in [9.17, 15) is 8.42 Å². The normalized spacial score (nSPS) is 19.7. The molecular weight excluding hydrogens is 346 g/mol. The summed E-state index contributed by atoms with van der Waals surface area (Å²) < 4.78 is 25.0. The molecule has 0 aliphatic carbocycles. The minimum absolute atomic E-state index is 0.224. The van der Waals surface area contributed by atoms with Gasteiger partial charge in [0.25, 0.3) is 0 Å². The maximum Gasteiger partial charge on any atom is 0.150 e. The highest BCUT2D eigenvalue weighted by Gasteiger charge is 2.27. The first-order valence-corrected chi connectivity index (χ1v) is 10.3. The summed E-state index contributed by atoms with van der Waals surface area (Å²) in [5.41, 5.74) is 4.20. The standard InChI is InChI=1S/C17H22ClN3O2S/c1-12-17(10-19-9-14-7-8-24(22,23)11-14)13(2)21(20-12)16-5-3-15(18)4-6-16/h3-6,14,19H,7-11H2,1-2H3/t14-/m0/s1. The quantitative estimate of drug-likeness (QED) is 0.882. The van der Waals surface area contributed by atoms with Crippen LogP contribution in [0.3, 0.4) is 0 Å². The number of aromatic nitrogens is 2. The van der Waals surface area contributed by atoms with Gasteiger partial charge in [0.2, 0.25) is 0 Å². The smallest absolute Gasteiger partial charge is 0.150 e. The van der Waals surface area contributed by atoms with Gasteiger partial charge in [0, 0.05) is 22.8 Å². The fourth-order valence-electron chi connectivity index (χ4n) is 3.20. The van der Waals surface area contributed by atoms with Crippen molar-refractivity contribution in [3.63, 3.8) is 0 Å². The molecule has 1 fully saturated rings. The van der Waals surface area contributed by atoms with Gasteiger partial charge in [0.15, 0.2) is 9.84 Å². The summed E-state index contributed by atoms with van der Waals surface area (Å²) >= 11 is 5.94. The predicted octanol–water partition coefficient (Wildman–Crippen LogP) is 2.67. The van der Waals surface area contributed by atoms with Gasteiger partial charge in [-0.1, -0.05) is 11.6 Å². The van der Waals surface area contributed by atoms with Gasteiger partial charge in [-0.05, 0) is 57.0 Å². The Morgan fingerprint density at radius 1 is 1.29 bits per heavy atom. The van der Waals surface area contributed by atoms with Crippen molar-refractivity contribution in [2.45, 2.75) is 26.8 Å². The van der Waals surface area contributed by atoms with Gasteiger partial charge in [-0.2, -0.15) is 5.10 Å². The van der Waals surface area contributed by atoms with Crippen molar-refractivity contribution < 1.29 is 8.42 Å². The second-order valence-electron chi connectivity index (χ2n) is 6.44. The molecule has 0 saturated carbocycles. The van der Waals surface area contributed by atoms with Crippen LogP contribution in [-0.4, -0.2) is 36.2 Å². The highest BCUT2D eigenvalue weighted by atomic mass is 35.5. The minimum Gasteiger partial charge on any atom is -0.312 e. The zero-order valence-corrected chi connectivity index (χ0v) is 15.5. The molecule has 24 heavy (non-hydrogen) atoms. The third-order valence-electron chi connectivity index (χ3n) is 4.57. The Hall–Kier alpha value is -1.37. The van der Waals surface area contributed by atoms with Crippen LogP contribution >= 0.6 is 11.6 Å². The molecule has 1 aromatic carbocycles. The van der Waals surface area contributed by atoms with Crippen LogP contribution in [0.4, 0.5) is 0 Å². The molecule has 1 aliphatic heterocycles. The van der Waals surface area contributed by atoms with Crippen molar-refractivity contribution >= 4 is 21.4 Å². The molecule has 0 spiro atoms. The topological polar surface area (TPSA) is 64.0 Å². The Labute approximate surface area is 147 Å². The van der Waals surface area contributed by atoms with Crippen molar-refractivity contribution in [2.75, 3.05) is 18.1 Å². The first-order valence-electron chi connectivity index (χ1n) is 8.08. The number of sulfone groups is 1. The molecule has 1 aliphatic rings. The predicted molar refractivity (Wildman–Crippen MR) is 96.5 cm³/mol. The van der Waals surface area contributed by atoms with Crippen LogP contribution < -0.4 is 5.32 Å². The Kier molecular flexibility index (Phi) is 4.99. The van der Waals surface area contributed by atoms with Crippen LogP contribution in [-0.2, 0) is 16.4 Å². The molecule has 130 valence electrons. The Morgan fingerprint density at radius 3 is 2.62 bits per heavy atom. The number of nitrogens with one attached hydrogen (secondary N) is 1. The summed E-state index contributed by atoms with van der Waals surface area (Å²) in [5, 5.41) is 8.72. The van der Waals surface area contributed by atoms with Gasteiger partial charge in [-0.3, -0.25) is 0 Å². The van der Waals surface area contributed by atoms with Gasteiger partial charge in [-0.15, -0.1) is 0 Å². The maximum atomic E-state index is 11.5. The monoisotopic (exact) mass is 367 g/mol. The van der Waals surface area contributed by atoms with E-state index in [2.05, 4.69) is 10.4 Å². The molecule has 7 heteroatoms. The van der Waals surface area contributed by atoms with Crippen LogP contribution in [0.2, 0.25) is 5.02 Å². The van der Waals surface area contributed by atoms with Crippen molar-refractivity contribution in [3.8, 4) is 5.69 Å². The number of halogens is 1. The molecule has 1 saturated heterocycles. The van der Waals surface area contributed by atoms with E-state index in [1.54, 1.807) is 0 Å². The highest BCUT2D eigenvalue weighted by molar-refractivity contribution is 7.91. The van der Waals surface area contributed by atoms with Gasteiger partial charge in [0.05, 0.1) is 22.9 Å². The second kappa shape index (κ2) is 6.86. The van der Waals surface area contributed by atoms with E-state index in [0.717, 1.165) is 35.6 Å². The molecule has 2 heterocycles. The average molecular weight is 368 g/mol. The largest absolute Gasteiger partial charge is 0.312 e. The molecule has 1 N–H and O–H groups in total. The van der Waals surface area contributed by atoms with Crippen LogP contribution in [0.5, 0.6) is 0 Å². The zero-order chi connectivity index (χ0) is 17.3. The molecular formula is C17H22ClN3O2S. The Morgan fingerprint density at radius 2 is 2.00 bits per heavy atom. The molecule has 0 unspecified atom stereocenters. The van der Waals surface area contributed by atoms with Crippen LogP contribution in [0.15, 0.2) is 24.3 Å². The van der Waals surface area contributed by atoms with Crippen molar-refractivity contribution in [1.82, 2.24) is 15.1 Å². The van der Waals surface area contributed by atoms with Gasteiger partial charge in [0.1, 0.15) is 0 Å². The van der Waals surface area contributed by atoms with E-state index < -0.39 is 9.84 Å². The lowest BCUT2D eigenvalue weighted by atomic mass is 10.1. The van der Waals surface area contributed by atoms with Gasteiger partial charge < -0.3 is 5.32 Å². The summed E-state index contributed by atoms with van der Waals surface area (Å²) in [6.45, 7) is 5.47. The number of benzene rings is 1. The first-order chi connectivity index (χ1) is 11.4. The number of hydrogen-bond acceptors (Lipinski definition) is 4. The van der Waals surface area contributed by atoms with E-state index in [-0.39, 0.29) is 5.92 Å². The number of hydrogen-bond donors (Lipinski definition) is 1. The summed E-state index contributed by atoms with van der Waals surface area (Å²) in [5.74, 6) is 0.857. The third-order valence-corrected chi connectivity index (χ3v) is 6.66. The lowest BCUT2D eigenvalue weighted by Gasteiger charge is -2.10. The fourth-order valence-corrected chi connectivity index (χ4v) is 5.19. The van der Waals surface area contributed by atoms with E-state index in [1.165, 1.54) is 0 Å². The summed E-state index contributed by atoms with van der Waals surface area (Å²) in [7, 11) is -2.81. The van der Waals surface area contributed by atoms with Crippen molar-refractivity contribution in [2.24, 2.45) is 5.92 Å². The highest BCUT2D eigenvalue weighted by Crippen LogP contribution is 2.21. The third kappa shape index (κ3) is 3.82. The summed E-state index contributed by atoms with van der Waals surface area (Å²) in [6, 6.07) is 7.60. The van der Waals surface area contributed by atoms with Crippen molar-refractivity contribution in [1.29, 1.82) is 0 Å². The summed E-state index contributed by atoms with van der Waals surface area (Å²) in [4.78, 5) is 0. The van der Waals surface area contributed by atoms with Crippen LogP contribution in [0.1, 0.15) is 23.4 Å². The lowest BCUT2D eigenvalue weighted by Crippen LogP contribution is -2.23. The van der Waals surface area contributed by atoms with Crippen molar-refractivity contribution in [3.05, 3.63) is 46.2 Å². The number of nitrogens with zero attached hydrogens (tertiary/aromatic N) is 2. The molecule has 1 atom stereocenters. The van der Waals surface area contributed by atoms with E-state index in [1.807, 2.05) is 42.8 Å². The van der Waals surface area contributed by atoms with E-state index in [4.69, 9.17) is 11.6 Å². The number of aryl methyl sites for hydroxylation is 1. The fraction of sp³-hybridized carbons (Fsp3) is 0.471. The molecule has 0 radical (unpaired) electrons. The Bertz CT molecular complexity index is 828. The average Bonchev–Trinajstić information content (AvgIpc) is 3.01. The maximum absolute atomic E-state index is 11.5. The number of rotatable bonds is 5. The van der Waals surface area contributed by atoms with E-state index in [0.29, 0.717) is 23.1 Å². The van der Waals surface area contributed by atoms with Crippen LogP contribution in [0.25, 0.3) is 5.69 Å². The van der Waals surface area contributed by atoms with Gasteiger partial charge in [-0.25, -0.2) is 13.1 Å². The zero-order valence-electron chi connectivity index (χ0n) is 13.9. The van der Waals surface area contributed by atoms with E-state index >= 15 is 0 Å². The first kappa shape index (κ1) is 17.5. The summed E-state index contributed by atoms with van der Waals surface area (Å²) in [6.07, 6.45) is 0.761. The van der Waals surface area contributed by atoms with Gasteiger partial charge >= 0.3 is 0 Å².